The quantitative estimate of drug-likeness (QED) is 0.676. The number of hydrogen-bond donors (Lipinski definition) is 1. The molecular formula is C19H22N2O2. The van der Waals surface area contributed by atoms with E-state index in [2.05, 4.69) is 17.4 Å². The Kier molecular flexibility index (Phi) is 5.03. The van der Waals surface area contributed by atoms with E-state index in [-0.39, 0.29) is 10.8 Å². The molecular weight excluding hydrogens is 288 g/mol. The van der Waals surface area contributed by atoms with Gasteiger partial charge in [0.05, 0.1) is 5.92 Å². The molecule has 1 aliphatic carbocycles. The maximum Gasteiger partial charge on any atom is 0.220 e. The smallest absolute Gasteiger partial charge is 0.220 e. The van der Waals surface area contributed by atoms with Crippen molar-refractivity contribution >= 4 is 0 Å². The molecule has 3 rings (SSSR count). The Labute approximate surface area is 136 Å². The van der Waals surface area contributed by atoms with E-state index in [9.17, 15) is 10.1 Å². The molecule has 1 aliphatic rings. The van der Waals surface area contributed by atoms with Gasteiger partial charge in [-0.2, -0.15) is 0 Å². The van der Waals surface area contributed by atoms with Crippen LogP contribution in [0, 0.1) is 10.1 Å². The fraction of sp³-hybridized carbons (Fsp3) is 0.368. The maximum absolute atomic E-state index is 11.4. The lowest BCUT2D eigenvalue weighted by molar-refractivity contribution is -0.530. The van der Waals surface area contributed by atoms with Crippen LogP contribution < -0.4 is 5.32 Å². The molecule has 120 valence electrons. The molecule has 0 aliphatic heterocycles. The molecule has 23 heavy (non-hydrogen) atoms. The van der Waals surface area contributed by atoms with E-state index < -0.39 is 6.04 Å². The van der Waals surface area contributed by atoms with E-state index in [1.807, 2.05) is 48.5 Å². The van der Waals surface area contributed by atoms with Crippen LogP contribution in [0.2, 0.25) is 0 Å². The molecule has 0 heterocycles. The van der Waals surface area contributed by atoms with Crippen molar-refractivity contribution in [2.24, 2.45) is 0 Å². The second-order valence-corrected chi connectivity index (χ2v) is 6.25. The Morgan fingerprint density at radius 1 is 1.00 bits per heavy atom. The van der Waals surface area contributed by atoms with Crippen molar-refractivity contribution in [2.45, 2.75) is 43.8 Å². The second-order valence-electron chi connectivity index (χ2n) is 6.25. The van der Waals surface area contributed by atoms with Crippen molar-refractivity contribution in [2.75, 3.05) is 0 Å². The predicted octanol–water partition coefficient (Wildman–Crippen LogP) is 3.76. The van der Waals surface area contributed by atoms with Crippen LogP contribution in [0.3, 0.4) is 0 Å². The SMILES string of the molecule is O=[N+]([O-])C1CCC(NCc2ccccc2)CC1c1ccccc1. The Bertz CT molecular complexity index is 630. The minimum Gasteiger partial charge on any atom is -0.310 e. The van der Waals surface area contributed by atoms with Gasteiger partial charge in [0.2, 0.25) is 6.04 Å². The van der Waals surface area contributed by atoms with Gasteiger partial charge >= 0.3 is 0 Å². The first kappa shape index (κ1) is 15.7. The predicted molar refractivity (Wildman–Crippen MR) is 90.9 cm³/mol. The lowest BCUT2D eigenvalue weighted by Gasteiger charge is -2.32. The lowest BCUT2D eigenvalue weighted by atomic mass is 9.78. The highest BCUT2D eigenvalue weighted by molar-refractivity contribution is 5.22. The van der Waals surface area contributed by atoms with Gasteiger partial charge in [-0.25, -0.2) is 0 Å². The van der Waals surface area contributed by atoms with Crippen molar-refractivity contribution in [3.63, 3.8) is 0 Å². The molecule has 1 fully saturated rings. The van der Waals surface area contributed by atoms with Gasteiger partial charge in [0.15, 0.2) is 0 Å². The Balaban J connectivity index is 1.67. The van der Waals surface area contributed by atoms with E-state index in [0.29, 0.717) is 12.5 Å². The van der Waals surface area contributed by atoms with Crippen LogP contribution in [-0.2, 0) is 6.54 Å². The third kappa shape index (κ3) is 3.96. The van der Waals surface area contributed by atoms with E-state index in [1.165, 1.54) is 5.56 Å². The normalized spacial score (nSPS) is 24.3. The van der Waals surface area contributed by atoms with Gasteiger partial charge in [0.25, 0.3) is 0 Å². The molecule has 1 N–H and O–H groups in total. The molecule has 3 atom stereocenters. The van der Waals surface area contributed by atoms with Gasteiger partial charge < -0.3 is 5.32 Å². The van der Waals surface area contributed by atoms with Crippen molar-refractivity contribution < 1.29 is 4.92 Å². The molecule has 4 heteroatoms. The third-order valence-corrected chi connectivity index (χ3v) is 4.75. The molecule has 4 nitrogen and oxygen atoms in total. The molecule has 2 aromatic carbocycles. The summed E-state index contributed by atoms with van der Waals surface area (Å²) in [6, 6.07) is 20.1. The highest BCUT2D eigenvalue weighted by atomic mass is 16.6. The summed E-state index contributed by atoms with van der Waals surface area (Å²) >= 11 is 0. The highest BCUT2D eigenvalue weighted by Gasteiger charge is 2.38. The standard InChI is InChI=1S/C19H22N2O2/c22-21(23)19-12-11-17(20-14-15-7-3-1-4-8-15)13-18(19)16-9-5-2-6-10-16/h1-10,17-20H,11-14H2. The van der Waals surface area contributed by atoms with Gasteiger partial charge in [-0.3, -0.25) is 10.1 Å². The van der Waals surface area contributed by atoms with Crippen molar-refractivity contribution in [3.8, 4) is 0 Å². The van der Waals surface area contributed by atoms with Crippen LogP contribution in [0.4, 0.5) is 0 Å². The van der Waals surface area contributed by atoms with Crippen LogP contribution >= 0.6 is 0 Å². The zero-order valence-electron chi connectivity index (χ0n) is 13.1. The number of benzene rings is 2. The molecule has 0 radical (unpaired) electrons. The summed E-state index contributed by atoms with van der Waals surface area (Å²) in [4.78, 5) is 11.3. The van der Waals surface area contributed by atoms with Crippen molar-refractivity contribution in [1.29, 1.82) is 0 Å². The zero-order chi connectivity index (χ0) is 16.1. The number of rotatable bonds is 5. The average molecular weight is 310 g/mol. The summed E-state index contributed by atoms with van der Waals surface area (Å²) in [6.45, 7) is 0.816. The van der Waals surface area contributed by atoms with Crippen LogP contribution in [0.25, 0.3) is 0 Å². The van der Waals surface area contributed by atoms with E-state index >= 15 is 0 Å². The average Bonchev–Trinajstić information content (AvgIpc) is 2.61. The summed E-state index contributed by atoms with van der Waals surface area (Å²) < 4.78 is 0. The summed E-state index contributed by atoms with van der Waals surface area (Å²) in [5, 5.41) is 15.0. The molecule has 0 spiro atoms. The number of nitrogens with one attached hydrogen (secondary N) is 1. The van der Waals surface area contributed by atoms with E-state index in [0.717, 1.165) is 24.9 Å². The molecule has 0 saturated heterocycles. The highest BCUT2D eigenvalue weighted by Crippen LogP contribution is 2.35. The van der Waals surface area contributed by atoms with Gasteiger partial charge in [-0.15, -0.1) is 0 Å². The fourth-order valence-corrected chi connectivity index (χ4v) is 3.51. The van der Waals surface area contributed by atoms with Crippen LogP contribution in [0.15, 0.2) is 60.7 Å². The second kappa shape index (κ2) is 7.38. The van der Waals surface area contributed by atoms with Gasteiger partial charge in [0.1, 0.15) is 0 Å². The Morgan fingerprint density at radius 2 is 1.65 bits per heavy atom. The molecule has 1 saturated carbocycles. The largest absolute Gasteiger partial charge is 0.310 e. The minimum atomic E-state index is -0.466. The first-order valence-electron chi connectivity index (χ1n) is 8.20. The summed E-state index contributed by atoms with van der Waals surface area (Å²) in [6.07, 6.45) is 2.32. The third-order valence-electron chi connectivity index (χ3n) is 4.75. The topological polar surface area (TPSA) is 55.2 Å². The van der Waals surface area contributed by atoms with Gasteiger partial charge in [-0.05, 0) is 24.0 Å². The van der Waals surface area contributed by atoms with Crippen molar-refractivity contribution in [3.05, 3.63) is 81.9 Å². The molecule has 0 bridgehead atoms. The molecule has 2 aromatic rings. The zero-order valence-corrected chi connectivity index (χ0v) is 13.1. The van der Waals surface area contributed by atoms with Gasteiger partial charge in [0, 0.05) is 23.9 Å². The number of nitrogens with zero attached hydrogens (tertiary/aromatic N) is 1. The maximum atomic E-state index is 11.4. The first-order valence-corrected chi connectivity index (χ1v) is 8.20. The monoisotopic (exact) mass is 310 g/mol. The molecule has 3 unspecified atom stereocenters. The number of hydrogen-bond acceptors (Lipinski definition) is 3. The molecule has 0 aromatic heterocycles. The van der Waals surface area contributed by atoms with Crippen molar-refractivity contribution in [1.82, 2.24) is 5.32 Å². The fourth-order valence-electron chi connectivity index (χ4n) is 3.51. The Morgan fingerprint density at radius 3 is 2.30 bits per heavy atom. The van der Waals surface area contributed by atoms with Crippen LogP contribution in [0.5, 0.6) is 0 Å². The first-order chi connectivity index (χ1) is 11.2. The number of nitro groups is 1. The minimum absolute atomic E-state index is 0.00627. The lowest BCUT2D eigenvalue weighted by Crippen LogP contribution is -2.41. The summed E-state index contributed by atoms with van der Waals surface area (Å²) in [7, 11) is 0. The van der Waals surface area contributed by atoms with Gasteiger partial charge in [-0.1, -0.05) is 60.7 Å². The van der Waals surface area contributed by atoms with Crippen LogP contribution in [0.1, 0.15) is 36.3 Å². The summed E-state index contributed by atoms with van der Waals surface area (Å²) in [5.74, 6) is -0.00627. The molecule has 0 amide bonds. The van der Waals surface area contributed by atoms with E-state index in [4.69, 9.17) is 0 Å². The Hall–Kier alpha value is -2.20. The van der Waals surface area contributed by atoms with E-state index in [1.54, 1.807) is 0 Å². The van der Waals surface area contributed by atoms with Crippen LogP contribution in [-0.4, -0.2) is 17.0 Å². The summed E-state index contributed by atoms with van der Waals surface area (Å²) in [5.41, 5.74) is 2.33.